The molecule has 2 rings (SSSR count). The van der Waals surface area contributed by atoms with Crippen LogP contribution in [0.3, 0.4) is 0 Å². The lowest BCUT2D eigenvalue weighted by atomic mass is 9.91. The van der Waals surface area contributed by atoms with Gasteiger partial charge in [0.15, 0.2) is 0 Å². The van der Waals surface area contributed by atoms with Crippen LogP contribution in [0.2, 0.25) is 0 Å². The lowest BCUT2D eigenvalue weighted by Gasteiger charge is -2.17. The SMILES string of the molecule is CC1(c2cc(C(F)(F)F)cc(C(F)(F)F)c2)CC1C(=O)O. The fourth-order valence-electron chi connectivity index (χ4n) is 2.33. The van der Waals surface area contributed by atoms with E-state index in [9.17, 15) is 31.1 Å². The van der Waals surface area contributed by atoms with Gasteiger partial charge in [-0.15, -0.1) is 0 Å². The molecule has 2 nitrogen and oxygen atoms in total. The highest BCUT2D eigenvalue weighted by Gasteiger charge is 2.56. The molecule has 0 radical (unpaired) electrons. The van der Waals surface area contributed by atoms with E-state index >= 15 is 0 Å². The third-order valence-corrected chi connectivity index (χ3v) is 3.78. The molecule has 0 saturated heterocycles. The molecule has 116 valence electrons. The van der Waals surface area contributed by atoms with Crippen molar-refractivity contribution >= 4 is 5.97 Å². The molecule has 1 fully saturated rings. The Kier molecular flexibility index (Phi) is 3.27. The van der Waals surface area contributed by atoms with Crippen molar-refractivity contribution in [3.63, 3.8) is 0 Å². The van der Waals surface area contributed by atoms with Crippen LogP contribution in [0.4, 0.5) is 26.3 Å². The zero-order chi connectivity index (χ0) is 16.2. The van der Waals surface area contributed by atoms with Crippen LogP contribution in [-0.4, -0.2) is 11.1 Å². The largest absolute Gasteiger partial charge is 0.481 e. The maximum Gasteiger partial charge on any atom is 0.416 e. The Balaban J connectivity index is 2.55. The van der Waals surface area contributed by atoms with Crippen LogP contribution < -0.4 is 0 Å². The third kappa shape index (κ3) is 2.84. The van der Waals surface area contributed by atoms with Gasteiger partial charge in [0.1, 0.15) is 0 Å². The Hall–Kier alpha value is -1.73. The van der Waals surface area contributed by atoms with Crippen LogP contribution in [0, 0.1) is 5.92 Å². The van der Waals surface area contributed by atoms with Crippen molar-refractivity contribution in [2.24, 2.45) is 5.92 Å². The monoisotopic (exact) mass is 312 g/mol. The fourth-order valence-corrected chi connectivity index (χ4v) is 2.33. The summed E-state index contributed by atoms with van der Waals surface area (Å²) in [5, 5.41) is 8.86. The first kappa shape index (κ1) is 15.7. The van der Waals surface area contributed by atoms with E-state index in [1.165, 1.54) is 6.92 Å². The van der Waals surface area contributed by atoms with Crippen LogP contribution in [0.15, 0.2) is 18.2 Å². The number of hydrogen-bond acceptors (Lipinski definition) is 1. The molecule has 2 unspecified atom stereocenters. The number of carboxylic acid groups (broad SMARTS) is 1. The molecule has 0 heterocycles. The van der Waals surface area contributed by atoms with Crippen molar-refractivity contribution in [1.29, 1.82) is 0 Å². The average Bonchev–Trinajstić information content (AvgIpc) is 3.01. The van der Waals surface area contributed by atoms with Gasteiger partial charge < -0.3 is 5.11 Å². The summed E-state index contributed by atoms with van der Waals surface area (Å²) in [4.78, 5) is 10.9. The molecule has 1 aromatic rings. The predicted octanol–water partition coefficient (Wildman–Crippen LogP) is 4.09. The Morgan fingerprint density at radius 2 is 1.52 bits per heavy atom. The number of aliphatic carboxylic acids is 1. The summed E-state index contributed by atoms with van der Waals surface area (Å²) in [7, 11) is 0. The summed E-state index contributed by atoms with van der Waals surface area (Å²) in [6, 6.07) is 1.22. The maximum absolute atomic E-state index is 12.7. The molecule has 1 aliphatic rings. The number of alkyl halides is 6. The molecule has 1 saturated carbocycles. The number of carbonyl (C=O) groups is 1. The lowest BCUT2D eigenvalue weighted by molar-refractivity contribution is -0.143. The fraction of sp³-hybridized carbons (Fsp3) is 0.462. The standard InChI is InChI=1S/C13H10F6O2/c1-11(5-9(11)10(20)21)6-2-7(12(14,15)16)4-8(3-6)13(17,18)19/h2-4,9H,5H2,1H3,(H,20,21). The molecule has 1 N–H and O–H groups in total. The van der Waals surface area contributed by atoms with Crippen LogP contribution in [-0.2, 0) is 22.6 Å². The number of hydrogen-bond donors (Lipinski definition) is 1. The number of carboxylic acids is 1. The third-order valence-electron chi connectivity index (χ3n) is 3.78. The summed E-state index contributed by atoms with van der Waals surface area (Å²) in [6.45, 7) is 1.35. The van der Waals surface area contributed by atoms with E-state index in [2.05, 4.69) is 0 Å². The molecule has 0 aliphatic heterocycles. The highest BCUT2D eigenvalue weighted by Crippen LogP contribution is 2.55. The van der Waals surface area contributed by atoms with Crippen LogP contribution in [0.5, 0.6) is 0 Å². The summed E-state index contributed by atoms with van der Waals surface area (Å²) < 4.78 is 76.3. The van der Waals surface area contributed by atoms with Gasteiger partial charge in [-0.25, -0.2) is 0 Å². The number of halogens is 6. The minimum absolute atomic E-state index is 0.0148. The Morgan fingerprint density at radius 3 is 1.81 bits per heavy atom. The first-order chi connectivity index (χ1) is 9.35. The predicted molar refractivity (Wildman–Crippen MR) is 59.5 cm³/mol. The summed E-state index contributed by atoms with van der Waals surface area (Å²) in [5.41, 5.74) is -4.31. The summed E-state index contributed by atoms with van der Waals surface area (Å²) >= 11 is 0. The second-order valence-corrected chi connectivity index (χ2v) is 5.31. The van der Waals surface area contributed by atoms with E-state index in [1.54, 1.807) is 0 Å². The van der Waals surface area contributed by atoms with E-state index in [-0.39, 0.29) is 18.1 Å². The summed E-state index contributed by atoms with van der Waals surface area (Å²) in [6.07, 6.45) is -9.85. The second-order valence-electron chi connectivity index (χ2n) is 5.31. The molecular weight excluding hydrogens is 302 g/mol. The van der Waals surface area contributed by atoms with Crippen molar-refractivity contribution in [3.05, 3.63) is 34.9 Å². The maximum atomic E-state index is 12.7. The first-order valence-electron chi connectivity index (χ1n) is 5.88. The van der Waals surface area contributed by atoms with Crippen LogP contribution in [0.1, 0.15) is 30.0 Å². The van der Waals surface area contributed by atoms with Crippen LogP contribution in [0.25, 0.3) is 0 Å². The van der Waals surface area contributed by atoms with Gasteiger partial charge in [0.2, 0.25) is 0 Å². The zero-order valence-electron chi connectivity index (χ0n) is 10.6. The molecule has 1 aliphatic carbocycles. The van der Waals surface area contributed by atoms with Gasteiger partial charge in [0.25, 0.3) is 0 Å². The van der Waals surface area contributed by atoms with Crippen molar-refractivity contribution in [2.45, 2.75) is 31.1 Å². The minimum atomic E-state index is -4.93. The molecule has 2 atom stereocenters. The quantitative estimate of drug-likeness (QED) is 0.835. The second kappa shape index (κ2) is 4.38. The van der Waals surface area contributed by atoms with E-state index in [0.717, 1.165) is 0 Å². The first-order valence-corrected chi connectivity index (χ1v) is 5.88. The highest BCUT2D eigenvalue weighted by molar-refractivity contribution is 5.77. The molecule has 0 bridgehead atoms. The Labute approximate surface area is 115 Å². The average molecular weight is 312 g/mol. The normalized spacial score (nSPS) is 25.8. The van der Waals surface area contributed by atoms with Gasteiger partial charge in [-0.1, -0.05) is 6.92 Å². The molecule has 0 spiro atoms. The van der Waals surface area contributed by atoms with Crippen molar-refractivity contribution in [1.82, 2.24) is 0 Å². The van der Waals surface area contributed by atoms with Gasteiger partial charge in [-0.05, 0) is 30.2 Å². The topological polar surface area (TPSA) is 37.3 Å². The van der Waals surface area contributed by atoms with Gasteiger partial charge in [0.05, 0.1) is 17.0 Å². The van der Waals surface area contributed by atoms with Crippen molar-refractivity contribution in [2.75, 3.05) is 0 Å². The van der Waals surface area contributed by atoms with Crippen LogP contribution >= 0.6 is 0 Å². The van der Waals surface area contributed by atoms with E-state index in [4.69, 9.17) is 5.11 Å². The van der Waals surface area contributed by atoms with E-state index in [0.29, 0.717) is 12.1 Å². The van der Waals surface area contributed by atoms with Crippen molar-refractivity contribution in [3.8, 4) is 0 Å². The van der Waals surface area contributed by atoms with Gasteiger partial charge in [-0.2, -0.15) is 26.3 Å². The minimum Gasteiger partial charge on any atom is -0.481 e. The number of rotatable bonds is 2. The number of benzene rings is 1. The van der Waals surface area contributed by atoms with Crippen molar-refractivity contribution < 1.29 is 36.2 Å². The van der Waals surface area contributed by atoms with Gasteiger partial charge >= 0.3 is 18.3 Å². The lowest BCUT2D eigenvalue weighted by Crippen LogP contribution is -2.16. The van der Waals surface area contributed by atoms with E-state index < -0.39 is 40.8 Å². The molecule has 0 aromatic heterocycles. The molecule has 0 amide bonds. The molecule has 8 heteroatoms. The molecule has 1 aromatic carbocycles. The zero-order valence-corrected chi connectivity index (χ0v) is 10.6. The highest BCUT2D eigenvalue weighted by atomic mass is 19.4. The smallest absolute Gasteiger partial charge is 0.416 e. The summed E-state index contributed by atoms with van der Waals surface area (Å²) in [5.74, 6) is -2.20. The van der Waals surface area contributed by atoms with Gasteiger partial charge in [-0.3, -0.25) is 4.79 Å². The molecular formula is C13H10F6O2. The Bertz CT molecular complexity index is 557. The van der Waals surface area contributed by atoms with E-state index in [1.807, 2.05) is 0 Å². The van der Waals surface area contributed by atoms with Gasteiger partial charge in [0, 0.05) is 5.41 Å². The Morgan fingerprint density at radius 1 is 1.10 bits per heavy atom. The molecule has 21 heavy (non-hydrogen) atoms.